The SMILES string of the molecule is CCCCCCC(=O)NC(=S)N1CCNC(=O)C1CC(=O)OCCC. The smallest absolute Gasteiger partial charge is 0.308 e. The molecule has 142 valence electrons. The Morgan fingerprint density at radius 1 is 1.28 bits per heavy atom. The highest BCUT2D eigenvalue weighted by Crippen LogP contribution is 2.11. The van der Waals surface area contributed by atoms with Gasteiger partial charge in [0.05, 0.1) is 13.0 Å². The molecule has 1 aliphatic heterocycles. The number of ether oxygens (including phenoxy) is 1. The van der Waals surface area contributed by atoms with Crippen molar-refractivity contribution in [1.82, 2.24) is 15.5 Å². The fraction of sp³-hybridized carbons (Fsp3) is 0.765. The van der Waals surface area contributed by atoms with E-state index in [1.54, 1.807) is 4.90 Å². The van der Waals surface area contributed by atoms with Gasteiger partial charge in [0, 0.05) is 19.5 Å². The lowest BCUT2D eigenvalue weighted by Gasteiger charge is -2.36. The van der Waals surface area contributed by atoms with Crippen LogP contribution in [0.4, 0.5) is 0 Å². The predicted molar refractivity (Wildman–Crippen MR) is 98.9 cm³/mol. The summed E-state index contributed by atoms with van der Waals surface area (Å²) in [6, 6.07) is -0.744. The molecule has 1 fully saturated rings. The first-order valence-electron chi connectivity index (χ1n) is 9.03. The number of nitrogens with zero attached hydrogens (tertiary/aromatic N) is 1. The number of carbonyl (C=O) groups excluding carboxylic acids is 3. The van der Waals surface area contributed by atoms with Crippen LogP contribution in [0.25, 0.3) is 0 Å². The highest BCUT2D eigenvalue weighted by Gasteiger charge is 2.34. The van der Waals surface area contributed by atoms with E-state index in [4.69, 9.17) is 17.0 Å². The first-order chi connectivity index (χ1) is 12.0. The number of hydrogen-bond acceptors (Lipinski definition) is 5. The van der Waals surface area contributed by atoms with Gasteiger partial charge in [-0.25, -0.2) is 0 Å². The van der Waals surface area contributed by atoms with E-state index in [0.29, 0.717) is 26.1 Å². The van der Waals surface area contributed by atoms with Gasteiger partial charge in [0.25, 0.3) is 0 Å². The van der Waals surface area contributed by atoms with Crippen LogP contribution in [0.5, 0.6) is 0 Å². The molecule has 8 heteroatoms. The fourth-order valence-electron chi connectivity index (χ4n) is 2.56. The number of thiocarbonyl (C=S) groups is 1. The van der Waals surface area contributed by atoms with E-state index in [9.17, 15) is 14.4 Å². The van der Waals surface area contributed by atoms with Gasteiger partial charge < -0.3 is 20.3 Å². The minimum atomic E-state index is -0.744. The van der Waals surface area contributed by atoms with Crippen LogP contribution in [0.1, 0.15) is 58.8 Å². The molecule has 1 rings (SSSR count). The Labute approximate surface area is 154 Å². The molecular formula is C17H29N3O4S. The average molecular weight is 372 g/mol. The summed E-state index contributed by atoms with van der Waals surface area (Å²) in [4.78, 5) is 37.6. The molecule has 0 aromatic heterocycles. The average Bonchev–Trinajstić information content (AvgIpc) is 2.58. The van der Waals surface area contributed by atoms with Gasteiger partial charge in [-0.1, -0.05) is 33.1 Å². The van der Waals surface area contributed by atoms with Crippen molar-refractivity contribution in [3.05, 3.63) is 0 Å². The van der Waals surface area contributed by atoms with Crippen molar-refractivity contribution in [2.45, 2.75) is 64.8 Å². The van der Waals surface area contributed by atoms with Crippen molar-refractivity contribution in [3.8, 4) is 0 Å². The second-order valence-electron chi connectivity index (χ2n) is 6.09. The van der Waals surface area contributed by atoms with Crippen LogP contribution >= 0.6 is 12.2 Å². The number of nitrogens with one attached hydrogen (secondary N) is 2. The Morgan fingerprint density at radius 3 is 2.72 bits per heavy atom. The quantitative estimate of drug-likeness (QED) is 0.363. The Balaban J connectivity index is 2.55. The van der Waals surface area contributed by atoms with Crippen molar-refractivity contribution >= 4 is 35.1 Å². The number of hydrogen-bond donors (Lipinski definition) is 2. The molecule has 0 spiro atoms. The highest BCUT2D eigenvalue weighted by atomic mass is 32.1. The fourth-order valence-corrected chi connectivity index (χ4v) is 2.89. The van der Waals surface area contributed by atoms with Gasteiger partial charge in [0.15, 0.2) is 5.11 Å². The molecule has 25 heavy (non-hydrogen) atoms. The molecule has 1 unspecified atom stereocenters. The number of rotatable bonds is 9. The monoisotopic (exact) mass is 371 g/mol. The van der Waals surface area contributed by atoms with Gasteiger partial charge in [0.1, 0.15) is 6.04 Å². The Hall–Kier alpha value is -1.70. The van der Waals surface area contributed by atoms with Crippen molar-refractivity contribution in [1.29, 1.82) is 0 Å². The van der Waals surface area contributed by atoms with E-state index >= 15 is 0 Å². The van der Waals surface area contributed by atoms with E-state index in [0.717, 1.165) is 32.1 Å². The Morgan fingerprint density at radius 2 is 2.04 bits per heavy atom. The van der Waals surface area contributed by atoms with Crippen molar-refractivity contribution < 1.29 is 19.1 Å². The maximum Gasteiger partial charge on any atom is 0.308 e. The van der Waals surface area contributed by atoms with Gasteiger partial charge in [-0.05, 0) is 25.1 Å². The molecule has 7 nitrogen and oxygen atoms in total. The minimum absolute atomic E-state index is 0.0850. The number of piperazine rings is 1. The largest absolute Gasteiger partial charge is 0.466 e. The first-order valence-corrected chi connectivity index (χ1v) is 9.44. The lowest BCUT2D eigenvalue weighted by atomic mass is 10.1. The normalized spacial score (nSPS) is 17.0. The number of carbonyl (C=O) groups is 3. The summed E-state index contributed by atoms with van der Waals surface area (Å²) in [5, 5.41) is 5.60. The van der Waals surface area contributed by atoms with E-state index < -0.39 is 12.0 Å². The van der Waals surface area contributed by atoms with Crippen LogP contribution in [0.15, 0.2) is 0 Å². The second kappa shape index (κ2) is 11.8. The summed E-state index contributed by atoms with van der Waals surface area (Å²) in [6.07, 6.45) is 5.08. The van der Waals surface area contributed by atoms with Gasteiger partial charge >= 0.3 is 5.97 Å². The van der Waals surface area contributed by atoms with Crippen molar-refractivity contribution in [2.75, 3.05) is 19.7 Å². The predicted octanol–water partition coefficient (Wildman–Crippen LogP) is 1.50. The lowest BCUT2D eigenvalue weighted by molar-refractivity contribution is -0.147. The molecule has 0 aromatic rings. The van der Waals surface area contributed by atoms with Crippen LogP contribution in [0.3, 0.4) is 0 Å². The van der Waals surface area contributed by atoms with E-state index in [1.165, 1.54) is 0 Å². The molecule has 1 heterocycles. The molecule has 1 aliphatic rings. The van der Waals surface area contributed by atoms with Crippen molar-refractivity contribution in [3.63, 3.8) is 0 Å². The first kappa shape index (κ1) is 21.3. The summed E-state index contributed by atoms with van der Waals surface area (Å²) >= 11 is 5.28. The van der Waals surface area contributed by atoms with Crippen LogP contribution in [0, 0.1) is 0 Å². The molecule has 0 saturated carbocycles. The zero-order valence-corrected chi connectivity index (χ0v) is 16.0. The van der Waals surface area contributed by atoms with Crippen molar-refractivity contribution in [2.24, 2.45) is 0 Å². The van der Waals surface area contributed by atoms with Crippen LogP contribution in [-0.4, -0.2) is 53.5 Å². The van der Waals surface area contributed by atoms with E-state index in [-0.39, 0.29) is 23.3 Å². The van der Waals surface area contributed by atoms with E-state index in [2.05, 4.69) is 17.6 Å². The second-order valence-corrected chi connectivity index (χ2v) is 6.48. The third kappa shape index (κ3) is 7.81. The van der Waals surface area contributed by atoms with Crippen LogP contribution in [-0.2, 0) is 19.1 Å². The standard InChI is InChI=1S/C17H29N3O4S/c1-3-5-6-7-8-14(21)19-17(25)20-10-9-18-16(23)13(20)12-15(22)24-11-4-2/h13H,3-12H2,1-2H3,(H,18,23)(H,19,21,25). The van der Waals surface area contributed by atoms with Gasteiger partial charge in [-0.15, -0.1) is 0 Å². The van der Waals surface area contributed by atoms with Crippen LogP contribution in [0.2, 0.25) is 0 Å². The molecular weight excluding hydrogens is 342 g/mol. The molecule has 1 saturated heterocycles. The lowest BCUT2D eigenvalue weighted by Crippen LogP contribution is -2.60. The summed E-state index contributed by atoms with van der Waals surface area (Å²) in [6.45, 7) is 5.21. The number of esters is 1. The molecule has 2 amide bonds. The van der Waals surface area contributed by atoms with Gasteiger partial charge in [-0.3, -0.25) is 14.4 Å². The van der Waals surface area contributed by atoms with E-state index in [1.807, 2.05) is 6.92 Å². The third-order valence-corrected chi connectivity index (χ3v) is 4.26. The molecule has 1 atom stereocenters. The number of amides is 2. The summed E-state index contributed by atoms with van der Waals surface area (Å²) in [5.74, 6) is -0.874. The summed E-state index contributed by atoms with van der Waals surface area (Å²) in [5.41, 5.74) is 0. The highest BCUT2D eigenvalue weighted by molar-refractivity contribution is 7.80. The van der Waals surface area contributed by atoms with Gasteiger partial charge in [-0.2, -0.15) is 0 Å². The Bertz CT molecular complexity index is 485. The zero-order chi connectivity index (χ0) is 18.7. The number of unbranched alkanes of at least 4 members (excludes halogenated alkanes) is 3. The molecule has 0 radical (unpaired) electrons. The van der Waals surface area contributed by atoms with Gasteiger partial charge in [0.2, 0.25) is 11.8 Å². The zero-order valence-electron chi connectivity index (χ0n) is 15.1. The minimum Gasteiger partial charge on any atom is -0.466 e. The third-order valence-electron chi connectivity index (χ3n) is 3.92. The molecule has 0 aromatic carbocycles. The molecule has 0 aliphatic carbocycles. The molecule has 2 N–H and O–H groups in total. The maximum absolute atomic E-state index is 12.1. The molecule has 0 bridgehead atoms. The summed E-state index contributed by atoms with van der Waals surface area (Å²) < 4.78 is 5.05. The summed E-state index contributed by atoms with van der Waals surface area (Å²) in [7, 11) is 0. The maximum atomic E-state index is 12.1. The topological polar surface area (TPSA) is 87.7 Å². The Kier molecular flexibility index (Phi) is 10.1. The van der Waals surface area contributed by atoms with Crippen LogP contribution < -0.4 is 10.6 Å².